The molecule has 1 atom stereocenters. The van der Waals surface area contributed by atoms with Gasteiger partial charge in [0.15, 0.2) is 0 Å². The fourth-order valence-corrected chi connectivity index (χ4v) is 2.25. The maximum atomic E-state index is 12.1. The number of carboxylic acids is 1. The summed E-state index contributed by atoms with van der Waals surface area (Å²) in [6.07, 6.45) is 4.71. The predicted molar refractivity (Wildman–Crippen MR) is 73.6 cm³/mol. The third kappa shape index (κ3) is 3.28. The maximum absolute atomic E-state index is 12.1. The quantitative estimate of drug-likeness (QED) is 0.883. The lowest BCUT2D eigenvalue weighted by molar-refractivity contribution is -0.143. The highest BCUT2D eigenvalue weighted by molar-refractivity contribution is 5.89. The molecule has 7 heteroatoms. The number of urea groups is 1. The highest BCUT2D eigenvalue weighted by Crippen LogP contribution is 2.18. The second-order valence-corrected chi connectivity index (χ2v) is 5.36. The topological polar surface area (TPSA) is 87.5 Å². The number of nitrogens with zero attached hydrogens (tertiary/aromatic N) is 3. The highest BCUT2D eigenvalue weighted by atomic mass is 16.4. The molecule has 0 bridgehead atoms. The fraction of sp³-hybridized carbons (Fsp3) is 0.615. The van der Waals surface area contributed by atoms with Gasteiger partial charge in [0.2, 0.25) is 0 Å². The third-order valence-electron chi connectivity index (χ3n) is 3.44. The average Bonchev–Trinajstić information content (AvgIpc) is 2.87. The monoisotopic (exact) mass is 280 g/mol. The minimum absolute atomic E-state index is 0.229. The van der Waals surface area contributed by atoms with Crippen molar-refractivity contribution in [2.75, 3.05) is 18.4 Å². The van der Waals surface area contributed by atoms with Crippen LogP contribution >= 0.6 is 0 Å². The standard InChI is InChI=1S/C13H20N4O3/c1-9(2)17-8-11(6-14-17)15-13(20)16-5-3-4-10(7-16)12(18)19/h6,8-10H,3-5,7H2,1-2H3,(H,15,20)(H,18,19)/t10-/m0/s1. The van der Waals surface area contributed by atoms with Crippen LogP contribution in [0.3, 0.4) is 0 Å². The van der Waals surface area contributed by atoms with Gasteiger partial charge < -0.3 is 15.3 Å². The number of aromatic nitrogens is 2. The number of hydrogen-bond acceptors (Lipinski definition) is 3. The summed E-state index contributed by atoms with van der Waals surface area (Å²) in [4.78, 5) is 24.6. The van der Waals surface area contributed by atoms with E-state index in [2.05, 4.69) is 10.4 Å². The molecule has 1 aliphatic rings. The van der Waals surface area contributed by atoms with Crippen molar-refractivity contribution in [2.24, 2.45) is 5.92 Å². The first-order valence-electron chi connectivity index (χ1n) is 6.80. The number of rotatable bonds is 3. The number of piperidine rings is 1. The highest BCUT2D eigenvalue weighted by Gasteiger charge is 2.28. The number of aliphatic carboxylic acids is 1. The van der Waals surface area contributed by atoms with Crippen molar-refractivity contribution >= 4 is 17.7 Å². The largest absolute Gasteiger partial charge is 0.481 e. The van der Waals surface area contributed by atoms with Gasteiger partial charge in [0.05, 0.1) is 17.8 Å². The summed E-state index contributed by atoms with van der Waals surface area (Å²) >= 11 is 0. The van der Waals surface area contributed by atoms with Crippen LogP contribution in [0, 0.1) is 5.92 Å². The van der Waals surface area contributed by atoms with E-state index in [1.807, 2.05) is 13.8 Å². The molecule has 1 aromatic rings. The lowest BCUT2D eigenvalue weighted by atomic mass is 9.99. The van der Waals surface area contributed by atoms with E-state index in [4.69, 9.17) is 5.11 Å². The number of carbonyl (C=O) groups is 2. The van der Waals surface area contributed by atoms with Crippen LogP contribution in [0.15, 0.2) is 12.4 Å². The Kier molecular flexibility index (Phi) is 4.26. The molecular formula is C13H20N4O3. The van der Waals surface area contributed by atoms with Crippen LogP contribution in [0.4, 0.5) is 10.5 Å². The van der Waals surface area contributed by atoms with E-state index in [1.54, 1.807) is 22.0 Å². The summed E-state index contributed by atoms with van der Waals surface area (Å²) in [6, 6.07) is -0.0358. The van der Waals surface area contributed by atoms with Gasteiger partial charge in [-0.05, 0) is 26.7 Å². The minimum atomic E-state index is -0.838. The molecule has 0 unspecified atom stereocenters. The summed E-state index contributed by atoms with van der Waals surface area (Å²) in [7, 11) is 0. The summed E-state index contributed by atoms with van der Waals surface area (Å²) in [6.45, 7) is 4.86. The van der Waals surface area contributed by atoms with Gasteiger partial charge in [-0.3, -0.25) is 9.48 Å². The molecule has 1 fully saturated rings. The van der Waals surface area contributed by atoms with Gasteiger partial charge in [-0.25, -0.2) is 4.79 Å². The van der Waals surface area contributed by atoms with Gasteiger partial charge >= 0.3 is 12.0 Å². The lowest BCUT2D eigenvalue weighted by Crippen LogP contribution is -2.44. The van der Waals surface area contributed by atoms with Gasteiger partial charge in [0.1, 0.15) is 0 Å². The van der Waals surface area contributed by atoms with Crippen LogP contribution in [-0.2, 0) is 4.79 Å². The normalized spacial score (nSPS) is 19.1. The van der Waals surface area contributed by atoms with Gasteiger partial charge in [0.25, 0.3) is 0 Å². The molecular weight excluding hydrogens is 260 g/mol. The molecule has 0 spiro atoms. The van der Waals surface area contributed by atoms with Crippen LogP contribution < -0.4 is 5.32 Å². The smallest absolute Gasteiger partial charge is 0.321 e. The third-order valence-corrected chi connectivity index (χ3v) is 3.44. The van der Waals surface area contributed by atoms with Crippen molar-refractivity contribution in [2.45, 2.75) is 32.7 Å². The number of likely N-dealkylation sites (tertiary alicyclic amines) is 1. The lowest BCUT2D eigenvalue weighted by Gasteiger charge is -2.30. The molecule has 0 aliphatic carbocycles. The van der Waals surface area contributed by atoms with E-state index in [0.717, 1.165) is 6.42 Å². The minimum Gasteiger partial charge on any atom is -0.481 e. The van der Waals surface area contributed by atoms with Crippen LogP contribution in [0.25, 0.3) is 0 Å². The van der Waals surface area contributed by atoms with Gasteiger partial charge in [-0.1, -0.05) is 0 Å². The van der Waals surface area contributed by atoms with E-state index >= 15 is 0 Å². The van der Waals surface area contributed by atoms with Crippen LogP contribution in [0.2, 0.25) is 0 Å². The molecule has 2 amide bonds. The predicted octanol–water partition coefficient (Wildman–Crippen LogP) is 1.79. The van der Waals surface area contributed by atoms with E-state index < -0.39 is 11.9 Å². The van der Waals surface area contributed by atoms with Gasteiger partial charge in [-0.15, -0.1) is 0 Å². The number of carbonyl (C=O) groups excluding carboxylic acids is 1. The molecule has 1 aromatic heterocycles. The van der Waals surface area contributed by atoms with Crippen molar-refractivity contribution in [3.63, 3.8) is 0 Å². The number of nitrogens with one attached hydrogen (secondary N) is 1. The Morgan fingerprint density at radius 1 is 1.50 bits per heavy atom. The second kappa shape index (κ2) is 5.94. The second-order valence-electron chi connectivity index (χ2n) is 5.36. The van der Waals surface area contributed by atoms with Crippen molar-refractivity contribution in [1.29, 1.82) is 0 Å². The molecule has 1 saturated heterocycles. The summed E-state index contributed by atoms with van der Waals surface area (Å²) in [5.41, 5.74) is 0.626. The summed E-state index contributed by atoms with van der Waals surface area (Å²) < 4.78 is 1.76. The molecule has 0 aromatic carbocycles. The molecule has 7 nitrogen and oxygen atoms in total. The number of hydrogen-bond donors (Lipinski definition) is 2. The maximum Gasteiger partial charge on any atom is 0.321 e. The van der Waals surface area contributed by atoms with E-state index in [-0.39, 0.29) is 18.6 Å². The zero-order valence-electron chi connectivity index (χ0n) is 11.7. The van der Waals surface area contributed by atoms with Crippen molar-refractivity contribution in [1.82, 2.24) is 14.7 Å². The molecule has 0 radical (unpaired) electrons. The SMILES string of the molecule is CC(C)n1cc(NC(=O)N2CCC[C@H](C(=O)O)C2)cn1. The molecule has 1 aliphatic heterocycles. The van der Waals surface area contributed by atoms with E-state index in [0.29, 0.717) is 18.7 Å². The van der Waals surface area contributed by atoms with Gasteiger partial charge in [0, 0.05) is 25.3 Å². The average molecular weight is 280 g/mol. The molecule has 2 rings (SSSR count). The number of anilines is 1. The Labute approximate surface area is 117 Å². The molecule has 20 heavy (non-hydrogen) atoms. The van der Waals surface area contributed by atoms with E-state index in [1.165, 1.54) is 0 Å². The fourth-order valence-electron chi connectivity index (χ4n) is 2.25. The number of amides is 2. The Morgan fingerprint density at radius 3 is 2.85 bits per heavy atom. The zero-order chi connectivity index (χ0) is 14.7. The molecule has 0 saturated carbocycles. The molecule has 2 heterocycles. The van der Waals surface area contributed by atoms with Crippen molar-refractivity contribution in [3.8, 4) is 0 Å². The Balaban J connectivity index is 1.95. The van der Waals surface area contributed by atoms with E-state index in [9.17, 15) is 9.59 Å². The zero-order valence-corrected chi connectivity index (χ0v) is 11.7. The Bertz CT molecular complexity index is 498. The summed E-state index contributed by atoms with van der Waals surface area (Å²) in [5, 5.41) is 15.9. The number of carboxylic acid groups (broad SMARTS) is 1. The van der Waals surface area contributed by atoms with Gasteiger partial charge in [-0.2, -0.15) is 5.10 Å². The first kappa shape index (κ1) is 14.4. The van der Waals surface area contributed by atoms with Crippen molar-refractivity contribution < 1.29 is 14.7 Å². The summed E-state index contributed by atoms with van der Waals surface area (Å²) in [5.74, 6) is -1.30. The Morgan fingerprint density at radius 2 is 2.25 bits per heavy atom. The first-order valence-corrected chi connectivity index (χ1v) is 6.80. The molecule has 2 N–H and O–H groups in total. The van der Waals surface area contributed by atoms with Crippen LogP contribution in [0.5, 0.6) is 0 Å². The van der Waals surface area contributed by atoms with Crippen molar-refractivity contribution in [3.05, 3.63) is 12.4 Å². The first-order chi connectivity index (χ1) is 9.47. The van der Waals surface area contributed by atoms with Crippen LogP contribution in [-0.4, -0.2) is 44.9 Å². The molecule has 110 valence electrons. The van der Waals surface area contributed by atoms with Crippen LogP contribution in [0.1, 0.15) is 32.7 Å². The Hall–Kier alpha value is -2.05.